The Bertz CT molecular complexity index is 214. The molecule has 2 heterocycles. The number of rotatable bonds is 4. The van der Waals surface area contributed by atoms with Crippen molar-refractivity contribution in [3.8, 4) is 0 Å². The predicted molar refractivity (Wildman–Crippen MR) is 71.3 cm³/mol. The second-order valence-corrected chi connectivity index (χ2v) is 5.94. The van der Waals surface area contributed by atoms with Gasteiger partial charge >= 0.3 is 0 Å². The average Bonchev–Trinajstić information content (AvgIpc) is 2.38. The highest BCUT2D eigenvalue weighted by molar-refractivity contribution is 4.81. The summed E-state index contributed by atoms with van der Waals surface area (Å²) in [5.41, 5.74) is 0. The van der Waals surface area contributed by atoms with E-state index in [2.05, 4.69) is 24.1 Å². The molecule has 2 saturated heterocycles. The number of nitrogens with zero attached hydrogens (tertiary/aromatic N) is 1. The number of hydrogen-bond donors (Lipinski definition) is 1. The van der Waals surface area contributed by atoms with Gasteiger partial charge in [-0.1, -0.05) is 13.8 Å². The third-order valence-corrected chi connectivity index (χ3v) is 4.02. The number of likely N-dealkylation sites (tertiary alicyclic amines) is 1. The molecule has 0 aromatic heterocycles. The summed E-state index contributed by atoms with van der Waals surface area (Å²) in [7, 11) is 0. The van der Waals surface area contributed by atoms with Crippen LogP contribution < -0.4 is 5.32 Å². The van der Waals surface area contributed by atoms with Crippen molar-refractivity contribution >= 4 is 0 Å². The van der Waals surface area contributed by atoms with Crippen LogP contribution >= 0.6 is 0 Å². The van der Waals surface area contributed by atoms with Gasteiger partial charge in [-0.2, -0.15) is 0 Å². The van der Waals surface area contributed by atoms with Crippen molar-refractivity contribution in [2.24, 2.45) is 5.92 Å². The molecule has 0 aromatic rings. The molecule has 2 rings (SSSR count). The minimum absolute atomic E-state index is 0.614. The van der Waals surface area contributed by atoms with Crippen LogP contribution in [-0.4, -0.2) is 49.8 Å². The molecule has 0 aliphatic carbocycles. The van der Waals surface area contributed by atoms with E-state index in [4.69, 9.17) is 4.74 Å². The first-order valence-corrected chi connectivity index (χ1v) is 7.31. The maximum absolute atomic E-state index is 5.61. The van der Waals surface area contributed by atoms with Gasteiger partial charge in [0.1, 0.15) is 0 Å². The fourth-order valence-electron chi connectivity index (χ4n) is 3.01. The molecule has 0 spiro atoms. The van der Waals surface area contributed by atoms with Crippen LogP contribution in [0.15, 0.2) is 0 Å². The van der Waals surface area contributed by atoms with Crippen molar-refractivity contribution in [3.63, 3.8) is 0 Å². The molecular formula is C14H28N2O. The molecule has 0 aromatic carbocycles. The van der Waals surface area contributed by atoms with Crippen molar-refractivity contribution in [2.45, 2.75) is 51.6 Å². The molecule has 2 atom stereocenters. The Balaban J connectivity index is 1.75. The number of nitrogens with one attached hydrogen (secondary N) is 1. The molecule has 2 unspecified atom stereocenters. The van der Waals surface area contributed by atoms with Gasteiger partial charge in [-0.3, -0.25) is 4.90 Å². The summed E-state index contributed by atoms with van der Waals surface area (Å²) in [6.07, 6.45) is 5.34. The summed E-state index contributed by atoms with van der Waals surface area (Å²) in [4.78, 5) is 2.68. The average molecular weight is 240 g/mol. The van der Waals surface area contributed by atoms with E-state index in [-0.39, 0.29) is 0 Å². The van der Waals surface area contributed by atoms with Gasteiger partial charge in [-0.25, -0.2) is 0 Å². The van der Waals surface area contributed by atoms with E-state index in [1.807, 2.05) is 0 Å². The summed E-state index contributed by atoms with van der Waals surface area (Å²) in [6.45, 7) is 10.1. The lowest BCUT2D eigenvalue weighted by molar-refractivity contribution is 0.00164. The minimum Gasteiger partial charge on any atom is -0.380 e. The Hall–Kier alpha value is -0.120. The van der Waals surface area contributed by atoms with E-state index in [0.29, 0.717) is 12.1 Å². The summed E-state index contributed by atoms with van der Waals surface area (Å²) in [5.74, 6) is 0.841. The monoisotopic (exact) mass is 240 g/mol. The normalized spacial score (nSPS) is 31.9. The molecular weight excluding hydrogens is 212 g/mol. The Labute approximate surface area is 106 Å². The van der Waals surface area contributed by atoms with Crippen LogP contribution in [0.4, 0.5) is 0 Å². The Morgan fingerprint density at radius 2 is 2.18 bits per heavy atom. The lowest BCUT2D eigenvalue weighted by Crippen LogP contribution is -2.48. The highest BCUT2D eigenvalue weighted by atomic mass is 16.5. The van der Waals surface area contributed by atoms with E-state index in [0.717, 1.165) is 19.1 Å². The van der Waals surface area contributed by atoms with Gasteiger partial charge in [-0.15, -0.1) is 0 Å². The molecule has 100 valence electrons. The van der Waals surface area contributed by atoms with Crippen molar-refractivity contribution in [1.29, 1.82) is 0 Å². The fourth-order valence-corrected chi connectivity index (χ4v) is 3.01. The SMILES string of the molecule is CC(C)NCC1CCCN(C2CCCOC2)C1. The molecule has 3 nitrogen and oxygen atoms in total. The van der Waals surface area contributed by atoms with Gasteiger partial charge in [0.25, 0.3) is 0 Å². The van der Waals surface area contributed by atoms with Gasteiger partial charge in [-0.05, 0) is 44.7 Å². The largest absolute Gasteiger partial charge is 0.380 e. The predicted octanol–water partition coefficient (Wildman–Crippen LogP) is 1.88. The fraction of sp³-hybridized carbons (Fsp3) is 1.00. The quantitative estimate of drug-likeness (QED) is 0.812. The highest BCUT2D eigenvalue weighted by Crippen LogP contribution is 2.22. The van der Waals surface area contributed by atoms with E-state index in [1.165, 1.54) is 45.3 Å². The molecule has 0 amide bonds. The van der Waals surface area contributed by atoms with E-state index >= 15 is 0 Å². The van der Waals surface area contributed by atoms with Gasteiger partial charge < -0.3 is 10.1 Å². The van der Waals surface area contributed by atoms with Crippen molar-refractivity contribution in [2.75, 3.05) is 32.8 Å². The molecule has 1 N–H and O–H groups in total. The smallest absolute Gasteiger partial charge is 0.0621 e. The number of hydrogen-bond acceptors (Lipinski definition) is 3. The Kier molecular flexibility index (Phi) is 5.26. The van der Waals surface area contributed by atoms with Crippen molar-refractivity contribution < 1.29 is 4.74 Å². The number of ether oxygens (including phenoxy) is 1. The van der Waals surface area contributed by atoms with Crippen LogP contribution in [0.3, 0.4) is 0 Å². The summed E-state index contributed by atoms with van der Waals surface area (Å²) in [6, 6.07) is 1.31. The van der Waals surface area contributed by atoms with Gasteiger partial charge in [0, 0.05) is 25.2 Å². The summed E-state index contributed by atoms with van der Waals surface area (Å²) in [5, 5.41) is 3.58. The summed E-state index contributed by atoms with van der Waals surface area (Å²) < 4.78 is 5.61. The first kappa shape index (κ1) is 13.3. The lowest BCUT2D eigenvalue weighted by atomic mass is 9.95. The molecule has 3 heteroatoms. The second kappa shape index (κ2) is 6.72. The molecule has 0 saturated carbocycles. The van der Waals surface area contributed by atoms with E-state index < -0.39 is 0 Å². The van der Waals surface area contributed by atoms with Crippen LogP contribution in [0.2, 0.25) is 0 Å². The van der Waals surface area contributed by atoms with Crippen LogP contribution in [0.1, 0.15) is 39.5 Å². The third kappa shape index (κ3) is 4.23. The second-order valence-electron chi connectivity index (χ2n) is 5.94. The van der Waals surface area contributed by atoms with Crippen LogP contribution in [0, 0.1) is 5.92 Å². The molecule has 0 radical (unpaired) electrons. The van der Waals surface area contributed by atoms with Crippen molar-refractivity contribution in [3.05, 3.63) is 0 Å². The van der Waals surface area contributed by atoms with Crippen LogP contribution in [-0.2, 0) is 4.74 Å². The maximum Gasteiger partial charge on any atom is 0.0621 e. The van der Waals surface area contributed by atoms with Gasteiger partial charge in [0.05, 0.1) is 6.61 Å². The first-order valence-electron chi connectivity index (χ1n) is 7.31. The Morgan fingerprint density at radius 1 is 1.29 bits per heavy atom. The standard InChI is InChI=1S/C14H28N2O/c1-12(2)15-9-13-5-3-7-16(10-13)14-6-4-8-17-11-14/h12-15H,3-11H2,1-2H3. The minimum atomic E-state index is 0.614. The molecule has 17 heavy (non-hydrogen) atoms. The molecule has 2 aliphatic heterocycles. The van der Waals surface area contributed by atoms with Crippen molar-refractivity contribution in [1.82, 2.24) is 10.2 Å². The molecule has 2 fully saturated rings. The van der Waals surface area contributed by atoms with Gasteiger partial charge in [0.2, 0.25) is 0 Å². The third-order valence-electron chi connectivity index (χ3n) is 4.02. The highest BCUT2D eigenvalue weighted by Gasteiger charge is 2.27. The lowest BCUT2D eigenvalue weighted by Gasteiger charge is -2.40. The molecule has 2 aliphatic rings. The zero-order chi connectivity index (χ0) is 12.1. The number of piperidine rings is 1. The van der Waals surface area contributed by atoms with Crippen LogP contribution in [0.5, 0.6) is 0 Å². The van der Waals surface area contributed by atoms with Gasteiger partial charge in [0.15, 0.2) is 0 Å². The zero-order valence-corrected chi connectivity index (χ0v) is 11.5. The topological polar surface area (TPSA) is 24.5 Å². The maximum atomic E-state index is 5.61. The van der Waals surface area contributed by atoms with E-state index in [1.54, 1.807) is 0 Å². The zero-order valence-electron chi connectivity index (χ0n) is 11.5. The Morgan fingerprint density at radius 3 is 2.88 bits per heavy atom. The van der Waals surface area contributed by atoms with E-state index in [9.17, 15) is 0 Å². The van der Waals surface area contributed by atoms with Crippen LogP contribution in [0.25, 0.3) is 0 Å². The summed E-state index contributed by atoms with van der Waals surface area (Å²) >= 11 is 0. The first-order chi connectivity index (χ1) is 8.25. The molecule has 0 bridgehead atoms.